The molecule has 114 valence electrons. The highest BCUT2D eigenvalue weighted by molar-refractivity contribution is 5.35. The van der Waals surface area contributed by atoms with Gasteiger partial charge in [0.2, 0.25) is 0 Å². The molecule has 0 amide bonds. The van der Waals surface area contributed by atoms with E-state index in [1.54, 1.807) is 7.11 Å². The summed E-state index contributed by atoms with van der Waals surface area (Å²) in [7, 11) is 1.66. The molecule has 0 bridgehead atoms. The van der Waals surface area contributed by atoms with Gasteiger partial charge in [0.1, 0.15) is 11.6 Å². The Morgan fingerprint density at radius 3 is 2.57 bits per heavy atom. The van der Waals surface area contributed by atoms with Crippen molar-refractivity contribution in [2.24, 2.45) is 0 Å². The Balaban J connectivity index is 2.32. The van der Waals surface area contributed by atoms with Gasteiger partial charge in [-0.25, -0.2) is 9.67 Å². The minimum Gasteiger partial charge on any atom is -0.496 e. The average molecular weight is 289 g/mol. The first kappa shape index (κ1) is 15.5. The van der Waals surface area contributed by atoms with Gasteiger partial charge in [-0.15, -0.1) is 0 Å². The maximum atomic E-state index is 9.19. The van der Waals surface area contributed by atoms with Crippen molar-refractivity contribution < 1.29 is 9.84 Å². The highest BCUT2D eigenvalue weighted by atomic mass is 16.5. The number of aromatic nitrogens is 3. The summed E-state index contributed by atoms with van der Waals surface area (Å²) < 4.78 is 7.26. The second-order valence-corrected chi connectivity index (χ2v) is 5.99. The van der Waals surface area contributed by atoms with E-state index in [1.165, 1.54) is 0 Å². The molecule has 0 spiro atoms. The molecular formula is C16H23N3O2. The van der Waals surface area contributed by atoms with E-state index in [4.69, 9.17) is 4.74 Å². The Hall–Kier alpha value is -1.88. The Bertz CT molecular complexity index is 600. The molecule has 0 atom stereocenters. The molecular weight excluding hydrogens is 266 g/mol. The number of aliphatic hydroxyl groups is 1. The lowest BCUT2D eigenvalue weighted by molar-refractivity contribution is 0.281. The SMILES string of the molecule is COc1ccccc1Cc1nc(CCO)n(C(C)(C)C)n1. The quantitative estimate of drug-likeness (QED) is 0.916. The van der Waals surface area contributed by atoms with Crippen molar-refractivity contribution in [1.29, 1.82) is 0 Å². The van der Waals surface area contributed by atoms with E-state index in [9.17, 15) is 5.11 Å². The average Bonchev–Trinajstić information content (AvgIpc) is 2.83. The molecule has 0 unspecified atom stereocenters. The highest BCUT2D eigenvalue weighted by Gasteiger charge is 2.21. The molecule has 1 N–H and O–H groups in total. The molecule has 0 saturated carbocycles. The van der Waals surface area contributed by atoms with E-state index in [1.807, 2.05) is 28.9 Å². The fourth-order valence-electron chi connectivity index (χ4n) is 2.29. The van der Waals surface area contributed by atoms with Gasteiger partial charge in [0.15, 0.2) is 5.82 Å². The lowest BCUT2D eigenvalue weighted by Crippen LogP contribution is -2.26. The summed E-state index contributed by atoms with van der Waals surface area (Å²) in [5.41, 5.74) is 0.901. The fraction of sp³-hybridized carbons (Fsp3) is 0.500. The molecule has 1 aromatic carbocycles. The zero-order chi connectivity index (χ0) is 15.5. The Morgan fingerprint density at radius 2 is 1.95 bits per heavy atom. The van der Waals surface area contributed by atoms with E-state index in [0.29, 0.717) is 12.8 Å². The molecule has 0 aliphatic rings. The molecule has 0 radical (unpaired) electrons. The van der Waals surface area contributed by atoms with Gasteiger partial charge >= 0.3 is 0 Å². The first-order valence-corrected chi connectivity index (χ1v) is 7.13. The van der Waals surface area contributed by atoms with Crippen molar-refractivity contribution in [3.8, 4) is 5.75 Å². The summed E-state index contributed by atoms with van der Waals surface area (Å²) in [6.07, 6.45) is 1.13. The number of nitrogens with zero attached hydrogens (tertiary/aromatic N) is 3. The zero-order valence-electron chi connectivity index (χ0n) is 13.1. The molecule has 5 nitrogen and oxygen atoms in total. The molecule has 5 heteroatoms. The standard InChI is InChI=1S/C16H23N3O2/c1-16(2,3)19-15(9-10-20)17-14(18-19)11-12-7-5-6-8-13(12)21-4/h5-8,20H,9-11H2,1-4H3. The van der Waals surface area contributed by atoms with E-state index >= 15 is 0 Å². The Labute approximate surface area is 125 Å². The number of methoxy groups -OCH3 is 1. The third kappa shape index (κ3) is 3.61. The summed E-state index contributed by atoms with van der Waals surface area (Å²) in [6.45, 7) is 6.31. The van der Waals surface area contributed by atoms with E-state index in [-0.39, 0.29) is 12.1 Å². The van der Waals surface area contributed by atoms with Gasteiger partial charge in [-0.05, 0) is 26.8 Å². The minimum absolute atomic E-state index is 0.0723. The van der Waals surface area contributed by atoms with Crippen molar-refractivity contribution >= 4 is 0 Å². The topological polar surface area (TPSA) is 60.2 Å². The van der Waals surface area contributed by atoms with Crippen LogP contribution in [-0.2, 0) is 18.4 Å². The van der Waals surface area contributed by atoms with E-state index in [2.05, 4.69) is 30.9 Å². The van der Waals surface area contributed by atoms with E-state index < -0.39 is 0 Å². The van der Waals surface area contributed by atoms with Crippen LogP contribution in [0.4, 0.5) is 0 Å². The van der Waals surface area contributed by atoms with Crippen LogP contribution < -0.4 is 4.74 Å². The van der Waals surface area contributed by atoms with Crippen LogP contribution in [0, 0.1) is 0 Å². The molecule has 0 saturated heterocycles. The van der Waals surface area contributed by atoms with Crippen molar-refractivity contribution in [1.82, 2.24) is 14.8 Å². The molecule has 21 heavy (non-hydrogen) atoms. The van der Waals surface area contributed by atoms with E-state index in [0.717, 1.165) is 23.0 Å². The number of hydrogen-bond donors (Lipinski definition) is 1. The van der Waals surface area contributed by atoms with Crippen LogP contribution in [0.1, 0.15) is 38.0 Å². The fourth-order valence-corrected chi connectivity index (χ4v) is 2.29. The number of para-hydroxylation sites is 1. The molecule has 0 aliphatic carbocycles. The molecule has 1 heterocycles. The Morgan fingerprint density at radius 1 is 1.24 bits per heavy atom. The lowest BCUT2D eigenvalue weighted by atomic mass is 10.1. The largest absolute Gasteiger partial charge is 0.496 e. The number of benzene rings is 1. The lowest BCUT2D eigenvalue weighted by Gasteiger charge is -2.20. The maximum absolute atomic E-state index is 9.19. The van der Waals surface area contributed by atoms with Crippen molar-refractivity contribution in [2.75, 3.05) is 13.7 Å². The summed E-state index contributed by atoms with van der Waals surface area (Å²) in [6, 6.07) is 7.88. The minimum atomic E-state index is -0.156. The second-order valence-electron chi connectivity index (χ2n) is 5.99. The molecule has 1 aromatic heterocycles. The molecule has 2 rings (SSSR count). The van der Waals surface area contributed by atoms with Gasteiger partial charge in [-0.2, -0.15) is 5.10 Å². The summed E-state index contributed by atoms with van der Waals surface area (Å²) in [5.74, 6) is 2.40. The summed E-state index contributed by atoms with van der Waals surface area (Å²) >= 11 is 0. The van der Waals surface area contributed by atoms with Gasteiger partial charge in [-0.3, -0.25) is 0 Å². The van der Waals surface area contributed by atoms with Crippen LogP contribution in [0.3, 0.4) is 0 Å². The molecule has 0 fully saturated rings. The highest BCUT2D eigenvalue weighted by Crippen LogP contribution is 2.21. The number of ether oxygens (including phenoxy) is 1. The van der Waals surface area contributed by atoms with Gasteiger partial charge in [0.05, 0.1) is 19.3 Å². The monoisotopic (exact) mass is 289 g/mol. The third-order valence-electron chi connectivity index (χ3n) is 3.23. The molecule has 2 aromatic rings. The zero-order valence-corrected chi connectivity index (χ0v) is 13.1. The summed E-state index contributed by atoms with van der Waals surface area (Å²) in [5, 5.41) is 13.8. The third-order valence-corrected chi connectivity index (χ3v) is 3.23. The number of hydrogen-bond acceptors (Lipinski definition) is 4. The van der Waals surface area contributed by atoms with Gasteiger partial charge in [0, 0.05) is 18.4 Å². The van der Waals surface area contributed by atoms with Crippen LogP contribution in [-0.4, -0.2) is 33.6 Å². The van der Waals surface area contributed by atoms with Crippen LogP contribution in [0.2, 0.25) is 0 Å². The van der Waals surface area contributed by atoms with Gasteiger partial charge in [0.25, 0.3) is 0 Å². The Kier molecular flexibility index (Phi) is 4.63. The van der Waals surface area contributed by atoms with Crippen LogP contribution in [0.5, 0.6) is 5.75 Å². The maximum Gasteiger partial charge on any atom is 0.155 e. The predicted octanol–water partition coefficient (Wildman–Crippen LogP) is 2.17. The predicted molar refractivity (Wildman–Crippen MR) is 81.6 cm³/mol. The number of aliphatic hydroxyl groups excluding tert-OH is 1. The van der Waals surface area contributed by atoms with Crippen LogP contribution in [0.15, 0.2) is 24.3 Å². The molecule has 0 aliphatic heterocycles. The first-order chi connectivity index (χ1) is 9.95. The second kappa shape index (κ2) is 6.26. The summed E-state index contributed by atoms with van der Waals surface area (Å²) in [4.78, 5) is 4.57. The normalized spacial score (nSPS) is 11.7. The smallest absolute Gasteiger partial charge is 0.155 e. The van der Waals surface area contributed by atoms with Gasteiger partial charge < -0.3 is 9.84 Å². The van der Waals surface area contributed by atoms with Crippen LogP contribution >= 0.6 is 0 Å². The van der Waals surface area contributed by atoms with Gasteiger partial charge in [-0.1, -0.05) is 18.2 Å². The van der Waals surface area contributed by atoms with Crippen molar-refractivity contribution in [3.63, 3.8) is 0 Å². The first-order valence-electron chi connectivity index (χ1n) is 7.13. The van der Waals surface area contributed by atoms with Crippen molar-refractivity contribution in [3.05, 3.63) is 41.5 Å². The van der Waals surface area contributed by atoms with Crippen molar-refractivity contribution in [2.45, 2.75) is 39.2 Å². The van der Waals surface area contributed by atoms with Crippen LogP contribution in [0.25, 0.3) is 0 Å². The number of rotatable bonds is 5.